The molecule has 0 radical (unpaired) electrons. The van der Waals surface area contributed by atoms with E-state index in [1.807, 2.05) is 69.6 Å². The van der Waals surface area contributed by atoms with Gasteiger partial charge in [-0.1, -0.05) is 57.9 Å². The molecule has 5 aromatic rings. The molecule has 18 nitrogen and oxygen atoms in total. The van der Waals surface area contributed by atoms with E-state index >= 15 is 0 Å². The topological polar surface area (TPSA) is 225 Å². The predicted octanol–water partition coefficient (Wildman–Crippen LogP) is 5.62. The lowest BCUT2D eigenvalue weighted by atomic mass is 9.85. The molecule has 4 N–H and O–H groups in total. The molecule has 3 atom stereocenters. The molecule has 70 heavy (non-hydrogen) atoms. The van der Waals surface area contributed by atoms with Crippen molar-refractivity contribution < 1.29 is 29.1 Å². The second kappa shape index (κ2) is 21.2. The third-order valence-corrected chi connectivity index (χ3v) is 14.7. The molecule has 2 aliphatic heterocycles. The molecule has 1 aliphatic carbocycles. The van der Waals surface area contributed by atoms with E-state index in [4.69, 9.17) is 4.98 Å². The molecular formula is C51H63N11O7S. The van der Waals surface area contributed by atoms with Gasteiger partial charge in [-0.25, -0.2) is 15.0 Å². The van der Waals surface area contributed by atoms with E-state index in [9.17, 15) is 33.9 Å². The zero-order valence-corrected chi connectivity index (χ0v) is 41.6. The molecule has 0 spiro atoms. The van der Waals surface area contributed by atoms with Crippen LogP contribution in [0.4, 0.5) is 17.5 Å². The molecule has 8 rings (SSSR count). The number of piperazine rings is 1. The second-order valence-corrected chi connectivity index (χ2v) is 20.6. The minimum absolute atomic E-state index is 0.0255. The maximum absolute atomic E-state index is 14.1. The number of fused-ring (bicyclic) bond motifs is 1. The third-order valence-electron chi connectivity index (χ3n) is 13.7. The first-order valence-electron chi connectivity index (χ1n) is 24.2. The average Bonchev–Trinajstić information content (AvgIpc) is 4.12. The highest BCUT2D eigenvalue weighted by atomic mass is 32.1. The monoisotopic (exact) mass is 973 g/mol. The van der Waals surface area contributed by atoms with E-state index in [0.717, 1.165) is 53.1 Å². The third kappa shape index (κ3) is 11.0. The highest BCUT2D eigenvalue weighted by Crippen LogP contribution is 2.33. The van der Waals surface area contributed by atoms with Crippen molar-refractivity contribution in [3.63, 3.8) is 0 Å². The lowest BCUT2D eigenvalue weighted by molar-refractivity contribution is -0.144. The van der Waals surface area contributed by atoms with Crippen molar-refractivity contribution >= 4 is 69.2 Å². The first-order chi connectivity index (χ1) is 33.5. The summed E-state index contributed by atoms with van der Waals surface area (Å²) in [5.41, 5.74) is 5.83. The Balaban J connectivity index is 0.797. The van der Waals surface area contributed by atoms with Crippen LogP contribution < -0.4 is 26.4 Å². The minimum atomic E-state index is -0.965. The summed E-state index contributed by atoms with van der Waals surface area (Å²) in [7, 11) is 0. The van der Waals surface area contributed by atoms with Crippen LogP contribution in [0.5, 0.6) is 0 Å². The van der Waals surface area contributed by atoms with E-state index in [-0.39, 0.29) is 79.0 Å². The summed E-state index contributed by atoms with van der Waals surface area (Å²) in [6, 6.07) is 9.73. The zero-order valence-electron chi connectivity index (χ0n) is 40.8. The van der Waals surface area contributed by atoms with Crippen LogP contribution in [0.3, 0.4) is 0 Å². The Morgan fingerprint density at radius 3 is 2.29 bits per heavy atom. The van der Waals surface area contributed by atoms with Gasteiger partial charge in [0.25, 0.3) is 5.56 Å². The summed E-state index contributed by atoms with van der Waals surface area (Å²) in [6.07, 6.45) is 6.83. The van der Waals surface area contributed by atoms with Gasteiger partial charge in [-0.05, 0) is 74.3 Å². The number of amides is 4. The van der Waals surface area contributed by atoms with Gasteiger partial charge in [0.2, 0.25) is 29.6 Å². The highest BCUT2D eigenvalue weighted by Gasteiger charge is 2.44. The predicted molar refractivity (Wildman–Crippen MR) is 268 cm³/mol. The van der Waals surface area contributed by atoms with E-state index in [1.54, 1.807) is 40.1 Å². The van der Waals surface area contributed by atoms with Gasteiger partial charge in [-0.3, -0.25) is 33.3 Å². The lowest BCUT2D eigenvalue weighted by Crippen LogP contribution is -2.57. The number of ketones is 1. The van der Waals surface area contributed by atoms with Gasteiger partial charge >= 0.3 is 0 Å². The Hall–Kier alpha value is -6.60. The van der Waals surface area contributed by atoms with E-state index < -0.39 is 29.5 Å². The number of hydrogen-bond donors (Lipinski definition) is 4. The van der Waals surface area contributed by atoms with Gasteiger partial charge in [0, 0.05) is 76.2 Å². The molecule has 0 unspecified atom stereocenters. The Labute approximate surface area is 411 Å². The molecule has 0 bridgehead atoms. The van der Waals surface area contributed by atoms with E-state index in [0.29, 0.717) is 55.0 Å². The Kier molecular flexibility index (Phi) is 15.1. The number of thiazole rings is 1. The summed E-state index contributed by atoms with van der Waals surface area (Å²) < 4.78 is 1.68. The molecule has 6 heterocycles. The number of likely N-dealkylation sites (tertiary alicyclic amines) is 1. The number of pyridine rings is 2. The fourth-order valence-electron chi connectivity index (χ4n) is 9.86. The fraction of sp³-hybridized carbons (Fsp3) is 0.490. The van der Waals surface area contributed by atoms with Crippen molar-refractivity contribution in [3.8, 4) is 10.4 Å². The molecule has 2 saturated heterocycles. The molecular weight excluding hydrogens is 911 g/mol. The van der Waals surface area contributed by atoms with Gasteiger partial charge in [-0.2, -0.15) is 4.98 Å². The van der Waals surface area contributed by atoms with Crippen LogP contribution in [0.15, 0.2) is 59.1 Å². The molecule has 3 aliphatic rings. The summed E-state index contributed by atoms with van der Waals surface area (Å²) in [5.74, 6) is -0.709. The minimum Gasteiger partial charge on any atom is -0.391 e. The highest BCUT2D eigenvalue weighted by molar-refractivity contribution is 7.13. The number of β-amino-alcohol motifs (C(OH)–C–C–N with tert-alkyl or cyclic N) is 1. The average molecular weight is 974 g/mol. The van der Waals surface area contributed by atoms with Crippen molar-refractivity contribution in [3.05, 3.63) is 87.0 Å². The Morgan fingerprint density at radius 2 is 1.64 bits per heavy atom. The molecule has 19 heteroatoms. The van der Waals surface area contributed by atoms with Crippen LogP contribution in [-0.4, -0.2) is 120 Å². The number of carbonyl (C=O) groups is 5. The zero-order chi connectivity index (χ0) is 49.9. The number of aromatic nitrogens is 5. The van der Waals surface area contributed by atoms with Crippen LogP contribution in [0.2, 0.25) is 0 Å². The van der Waals surface area contributed by atoms with E-state index in [1.165, 1.54) is 11.8 Å². The normalized spacial score (nSPS) is 18.0. The number of aliphatic hydroxyl groups excluding tert-OH is 1. The van der Waals surface area contributed by atoms with Crippen LogP contribution in [0, 0.1) is 19.3 Å². The smallest absolute Gasteiger partial charge is 0.263 e. The van der Waals surface area contributed by atoms with Crippen LogP contribution in [-0.2, 0) is 25.7 Å². The summed E-state index contributed by atoms with van der Waals surface area (Å²) in [5, 5.41) is 20.3. The van der Waals surface area contributed by atoms with Gasteiger partial charge in [0.1, 0.15) is 23.5 Å². The number of aryl methyl sites for hydroxylation is 2. The van der Waals surface area contributed by atoms with Crippen molar-refractivity contribution in [1.82, 2.24) is 44.9 Å². The standard InChI is InChI=1S/C51H63N11O7S/c1-30-38-27-54-50(58-46(38)62(35-10-7-8-11-35)48(68)43(30)32(3)63)56-40-19-18-36(26-52-40)59-20-22-60(23-21-59)42(66)13-9-12-41(65)57-45(51(4,5)6)49(69)61-28-37(64)24-39(61)47(67)53-25-33-14-16-34(17-15-33)44-31(2)55-29-70-44/h14-19,26-27,29,35,37,39,45,64H,7-13,20-25,28H2,1-6H3,(H,53,67)(H,57,65)(H,52,54,56,58)/t37-,39+,45-/m1/s1. The number of hydrogen-bond acceptors (Lipinski definition) is 14. The molecule has 1 saturated carbocycles. The van der Waals surface area contributed by atoms with Gasteiger partial charge in [-0.15, -0.1) is 11.3 Å². The van der Waals surface area contributed by atoms with Gasteiger partial charge in [0.05, 0.1) is 39.6 Å². The molecule has 4 aromatic heterocycles. The molecule has 3 fully saturated rings. The number of anilines is 3. The largest absolute Gasteiger partial charge is 0.391 e. The number of nitrogens with one attached hydrogen (secondary N) is 3. The van der Waals surface area contributed by atoms with Crippen molar-refractivity contribution in [2.24, 2.45) is 5.41 Å². The quantitative estimate of drug-likeness (QED) is 0.0937. The number of rotatable bonds is 15. The SMILES string of the molecule is CC(=O)c1c(C)c2cnc(Nc3ccc(N4CCN(C(=O)CCCC(=O)N[C@H](C(=O)N5C[C@H](O)C[C@H]5C(=O)NCc5ccc(-c6scnc6C)cc5)C(C)(C)C)CC4)cn3)nc2n(C2CCCC2)c1=O. The molecule has 4 amide bonds. The number of nitrogens with zero attached hydrogens (tertiary/aromatic N) is 8. The number of carbonyl (C=O) groups excluding carboxylic acids is 5. The van der Waals surface area contributed by atoms with Gasteiger partial charge < -0.3 is 35.8 Å². The molecule has 1 aromatic carbocycles. The number of aliphatic hydroxyl groups is 1. The number of Topliss-reactive ketones (excluding diaryl/α,β-unsaturated/α-hetero) is 1. The summed E-state index contributed by atoms with van der Waals surface area (Å²) in [4.78, 5) is 105. The lowest BCUT2D eigenvalue weighted by Gasteiger charge is -2.36. The fourth-order valence-corrected chi connectivity index (χ4v) is 10.7. The van der Waals surface area contributed by atoms with Crippen molar-refractivity contribution in [1.29, 1.82) is 0 Å². The maximum Gasteiger partial charge on any atom is 0.263 e. The first-order valence-corrected chi connectivity index (χ1v) is 25.1. The van der Waals surface area contributed by atoms with Gasteiger partial charge in [0.15, 0.2) is 5.78 Å². The first kappa shape index (κ1) is 49.8. The number of benzene rings is 1. The van der Waals surface area contributed by atoms with Crippen molar-refractivity contribution in [2.45, 2.75) is 124 Å². The Bertz CT molecular complexity index is 2810. The van der Waals surface area contributed by atoms with Crippen molar-refractivity contribution in [2.75, 3.05) is 42.9 Å². The van der Waals surface area contributed by atoms with Crippen LogP contribution in [0.1, 0.15) is 112 Å². The second-order valence-electron chi connectivity index (χ2n) is 19.8. The summed E-state index contributed by atoms with van der Waals surface area (Å²) in [6.45, 7) is 13.1. The maximum atomic E-state index is 14.1. The molecule has 370 valence electrons. The van der Waals surface area contributed by atoms with E-state index in [2.05, 4.69) is 35.8 Å². The summed E-state index contributed by atoms with van der Waals surface area (Å²) >= 11 is 1.57. The van der Waals surface area contributed by atoms with Crippen LogP contribution >= 0.6 is 11.3 Å². The van der Waals surface area contributed by atoms with Crippen LogP contribution in [0.25, 0.3) is 21.5 Å². The Morgan fingerprint density at radius 1 is 0.914 bits per heavy atom.